The lowest BCUT2D eigenvalue weighted by atomic mass is 10.1. The summed E-state index contributed by atoms with van der Waals surface area (Å²) in [6.45, 7) is 6.89. The summed E-state index contributed by atoms with van der Waals surface area (Å²) < 4.78 is 5.59. The number of benzene rings is 2. The van der Waals surface area contributed by atoms with Crippen molar-refractivity contribution in [3.8, 4) is 5.75 Å². The zero-order chi connectivity index (χ0) is 17.6. The van der Waals surface area contributed by atoms with E-state index >= 15 is 0 Å². The molecule has 0 atom stereocenters. The molecule has 25 heavy (non-hydrogen) atoms. The molecule has 1 N–H and O–H groups in total. The van der Waals surface area contributed by atoms with Crippen LogP contribution in [0.2, 0.25) is 0 Å². The van der Waals surface area contributed by atoms with E-state index in [0.717, 1.165) is 35.5 Å². The van der Waals surface area contributed by atoms with Gasteiger partial charge in [-0.3, -0.25) is 4.79 Å². The number of amides is 1. The van der Waals surface area contributed by atoms with Crippen molar-refractivity contribution in [1.29, 1.82) is 0 Å². The first-order valence-electron chi connectivity index (χ1n) is 8.92. The molecule has 0 aromatic heterocycles. The van der Waals surface area contributed by atoms with Gasteiger partial charge in [0.15, 0.2) is 6.61 Å². The van der Waals surface area contributed by atoms with E-state index in [1.54, 1.807) is 0 Å². The Labute approximate surface area is 149 Å². The molecule has 0 bridgehead atoms. The second-order valence-corrected chi connectivity index (χ2v) is 6.75. The third kappa shape index (κ3) is 4.99. The molecule has 4 nitrogen and oxygen atoms in total. The molecule has 2 aromatic rings. The molecule has 0 aliphatic carbocycles. The second-order valence-electron chi connectivity index (χ2n) is 6.75. The molecule has 0 unspecified atom stereocenters. The van der Waals surface area contributed by atoms with Crippen molar-refractivity contribution >= 4 is 11.6 Å². The van der Waals surface area contributed by atoms with Gasteiger partial charge in [0.05, 0.1) is 0 Å². The van der Waals surface area contributed by atoms with Crippen molar-refractivity contribution in [3.05, 3.63) is 59.2 Å². The average molecular weight is 338 g/mol. The summed E-state index contributed by atoms with van der Waals surface area (Å²) >= 11 is 0. The standard InChI is InChI=1S/C21H26N2O2/c1-16-11-17(2)13-20(12-16)25-15-21(24)22-14-18-5-7-19(8-6-18)23-9-3-4-10-23/h5-8,11-13H,3-4,9-10,14-15H2,1-2H3,(H,22,24). The van der Waals surface area contributed by atoms with Gasteiger partial charge in [0.1, 0.15) is 5.75 Å². The second kappa shape index (κ2) is 8.06. The summed E-state index contributed by atoms with van der Waals surface area (Å²) in [5, 5.41) is 2.91. The topological polar surface area (TPSA) is 41.6 Å². The summed E-state index contributed by atoms with van der Waals surface area (Å²) in [5.74, 6) is 0.630. The van der Waals surface area contributed by atoms with Crippen LogP contribution in [0.3, 0.4) is 0 Å². The number of carbonyl (C=O) groups is 1. The molecule has 1 saturated heterocycles. The fourth-order valence-corrected chi connectivity index (χ4v) is 3.22. The maximum Gasteiger partial charge on any atom is 0.258 e. The minimum atomic E-state index is -0.109. The van der Waals surface area contributed by atoms with E-state index in [0.29, 0.717) is 6.54 Å². The molecule has 0 saturated carbocycles. The van der Waals surface area contributed by atoms with Gasteiger partial charge < -0.3 is 15.0 Å². The fourth-order valence-electron chi connectivity index (χ4n) is 3.22. The van der Waals surface area contributed by atoms with E-state index in [2.05, 4.69) is 40.5 Å². The number of carbonyl (C=O) groups excluding carboxylic acids is 1. The number of nitrogens with one attached hydrogen (secondary N) is 1. The van der Waals surface area contributed by atoms with Crippen LogP contribution in [0, 0.1) is 13.8 Å². The van der Waals surface area contributed by atoms with Crippen LogP contribution in [-0.4, -0.2) is 25.6 Å². The molecule has 0 radical (unpaired) electrons. The Kier molecular flexibility index (Phi) is 5.59. The number of rotatable bonds is 6. The monoisotopic (exact) mass is 338 g/mol. The summed E-state index contributed by atoms with van der Waals surface area (Å²) in [7, 11) is 0. The van der Waals surface area contributed by atoms with Gasteiger partial charge in [0, 0.05) is 25.3 Å². The van der Waals surface area contributed by atoms with E-state index in [1.165, 1.54) is 18.5 Å². The highest BCUT2D eigenvalue weighted by Gasteiger charge is 2.11. The molecule has 0 spiro atoms. The highest BCUT2D eigenvalue weighted by atomic mass is 16.5. The van der Waals surface area contributed by atoms with E-state index in [1.807, 2.05) is 26.0 Å². The zero-order valence-corrected chi connectivity index (χ0v) is 15.0. The van der Waals surface area contributed by atoms with Gasteiger partial charge in [-0.1, -0.05) is 18.2 Å². The van der Waals surface area contributed by atoms with Crippen molar-refractivity contribution < 1.29 is 9.53 Å². The summed E-state index contributed by atoms with van der Waals surface area (Å²) in [6.07, 6.45) is 2.55. The van der Waals surface area contributed by atoms with Gasteiger partial charge in [-0.2, -0.15) is 0 Å². The normalized spacial score (nSPS) is 13.8. The predicted molar refractivity (Wildman–Crippen MR) is 101 cm³/mol. The van der Waals surface area contributed by atoms with Crippen LogP contribution in [0.1, 0.15) is 29.5 Å². The molecular formula is C21H26N2O2. The van der Waals surface area contributed by atoms with Gasteiger partial charge in [-0.15, -0.1) is 0 Å². The number of anilines is 1. The minimum absolute atomic E-state index is 0.0365. The molecule has 4 heteroatoms. The van der Waals surface area contributed by atoms with E-state index in [-0.39, 0.29) is 12.5 Å². The van der Waals surface area contributed by atoms with Crippen molar-refractivity contribution in [2.45, 2.75) is 33.2 Å². The number of hydrogen-bond acceptors (Lipinski definition) is 3. The van der Waals surface area contributed by atoms with Crippen molar-refractivity contribution in [2.24, 2.45) is 0 Å². The third-order valence-electron chi connectivity index (χ3n) is 4.46. The molecular weight excluding hydrogens is 312 g/mol. The van der Waals surface area contributed by atoms with Gasteiger partial charge in [0.25, 0.3) is 5.91 Å². The predicted octanol–water partition coefficient (Wildman–Crippen LogP) is 3.60. The minimum Gasteiger partial charge on any atom is -0.484 e. The molecule has 1 aliphatic rings. The molecule has 1 amide bonds. The Morgan fingerprint density at radius 1 is 1.04 bits per heavy atom. The highest BCUT2D eigenvalue weighted by Crippen LogP contribution is 2.20. The first-order chi connectivity index (χ1) is 12.1. The van der Waals surface area contributed by atoms with Crippen LogP contribution >= 0.6 is 0 Å². The van der Waals surface area contributed by atoms with Crippen molar-refractivity contribution in [3.63, 3.8) is 0 Å². The lowest BCUT2D eigenvalue weighted by molar-refractivity contribution is -0.123. The molecule has 2 aromatic carbocycles. The Morgan fingerprint density at radius 3 is 2.32 bits per heavy atom. The fraction of sp³-hybridized carbons (Fsp3) is 0.381. The van der Waals surface area contributed by atoms with Crippen LogP contribution in [0.5, 0.6) is 5.75 Å². The lowest BCUT2D eigenvalue weighted by Crippen LogP contribution is -2.28. The Balaban J connectivity index is 1.45. The number of ether oxygens (including phenoxy) is 1. The largest absolute Gasteiger partial charge is 0.484 e. The molecule has 1 aliphatic heterocycles. The maximum atomic E-state index is 12.0. The SMILES string of the molecule is Cc1cc(C)cc(OCC(=O)NCc2ccc(N3CCCC3)cc2)c1. The smallest absolute Gasteiger partial charge is 0.258 e. The van der Waals surface area contributed by atoms with Crippen molar-refractivity contribution in [1.82, 2.24) is 5.32 Å². The summed E-state index contributed by atoms with van der Waals surface area (Å²) in [6, 6.07) is 14.4. The van der Waals surface area contributed by atoms with Crippen LogP contribution in [0.25, 0.3) is 0 Å². The quantitative estimate of drug-likeness (QED) is 0.875. The lowest BCUT2D eigenvalue weighted by Gasteiger charge is -2.17. The highest BCUT2D eigenvalue weighted by molar-refractivity contribution is 5.77. The van der Waals surface area contributed by atoms with E-state index in [4.69, 9.17) is 4.74 Å². The molecule has 1 fully saturated rings. The van der Waals surface area contributed by atoms with Crippen LogP contribution < -0.4 is 15.0 Å². The first-order valence-corrected chi connectivity index (χ1v) is 8.92. The van der Waals surface area contributed by atoms with E-state index in [9.17, 15) is 4.79 Å². The Bertz CT molecular complexity index is 699. The van der Waals surface area contributed by atoms with Crippen LogP contribution in [-0.2, 0) is 11.3 Å². The van der Waals surface area contributed by atoms with Gasteiger partial charge in [0.2, 0.25) is 0 Å². The van der Waals surface area contributed by atoms with Gasteiger partial charge >= 0.3 is 0 Å². The summed E-state index contributed by atoms with van der Waals surface area (Å²) in [4.78, 5) is 14.4. The molecule has 3 rings (SSSR count). The first kappa shape index (κ1) is 17.3. The average Bonchev–Trinajstić information content (AvgIpc) is 3.12. The van der Waals surface area contributed by atoms with Crippen LogP contribution in [0.15, 0.2) is 42.5 Å². The number of aryl methyl sites for hydroxylation is 2. The zero-order valence-electron chi connectivity index (χ0n) is 15.0. The third-order valence-corrected chi connectivity index (χ3v) is 4.46. The van der Waals surface area contributed by atoms with E-state index < -0.39 is 0 Å². The molecule has 1 heterocycles. The summed E-state index contributed by atoms with van der Waals surface area (Å²) in [5.41, 5.74) is 4.63. The van der Waals surface area contributed by atoms with Crippen LogP contribution in [0.4, 0.5) is 5.69 Å². The maximum absolute atomic E-state index is 12.0. The number of nitrogens with zero attached hydrogens (tertiary/aromatic N) is 1. The van der Waals surface area contributed by atoms with Gasteiger partial charge in [-0.05, 0) is 67.6 Å². The molecule has 132 valence electrons. The van der Waals surface area contributed by atoms with Crippen molar-refractivity contribution in [2.75, 3.05) is 24.6 Å². The Morgan fingerprint density at radius 2 is 1.68 bits per heavy atom. The Hall–Kier alpha value is -2.49. The van der Waals surface area contributed by atoms with Gasteiger partial charge in [-0.25, -0.2) is 0 Å². The number of hydrogen-bond donors (Lipinski definition) is 1.